The Bertz CT molecular complexity index is 737. The minimum atomic E-state index is -0.00790. The van der Waals surface area contributed by atoms with E-state index in [1.807, 2.05) is 0 Å². The van der Waals surface area contributed by atoms with Gasteiger partial charge in [-0.15, -0.1) is 0 Å². The van der Waals surface area contributed by atoms with Crippen LogP contribution in [0.1, 0.15) is 75.8 Å². The molecular weight excluding hydrogens is 430 g/mol. The van der Waals surface area contributed by atoms with E-state index in [0.29, 0.717) is 29.6 Å². The maximum atomic E-state index is 13.5. The molecule has 3 N–H and O–H groups in total. The quantitative estimate of drug-likeness (QED) is 0.535. The zero-order chi connectivity index (χ0) is 24.1. The van der Waals surface area contributed by atoms with Gasteiger partial charge in [0.25, 0.3) is 5.91 Å². The van der Waals surface area contributed by atoms with Gasteiger partial charge in [-0.25, -0.2) is 0 Å². The van der Waals surface area contributed by atoms with Crippen LogP contribution in [0.25, 0.3) is 0 Å². The summed E-state index contributed by atoms with van der Waals surface area (Å²) in [6, 6.07) is 4.20. The number of aliphatic hydroxyl groups excluding tert-OH is 2. The second-order valence-corrected chi connectivity index (χ2v) is 11.0. The Morgan fingerprint density at radius 2 is 1.82 bits per heavy atom. The number of likely N-dealkylation sites (tertiary alicyclic amines) is 1. The zero-order valence-electron chi connectivity index (χ0n) is 21.1. The summed E-state index contributed by atoms with van der Waals surface area (Å²) >= 11 is 0. The van der Waals surface area contributed by atoms with E-state index in [4.69, 9.17) is 4.42 Å². The van der Waals surface area contributed by atoms with Gasteiger partial charge >= 0.3 is 0 Å². The second-order valence-electron chi connectivity index (χ2n) is 11.0. The monoisotopic (exact) mass is 475 g/mol. The molecule has 34 heavy (non-hydrogen) atoms. The summed E-state index contributed by atoms with van der Waals surface area (Å²) in [7, 11) is 0. The Labute approximate surface area is 204 Å². The lowest BCUT2D eigenvalue weighted by molar-refractivity contribution is -0.00475. The van der Waals surface area contributed by atoms with Crippen LogP contribution in [0.2, 0.25) is 0 Å². The van der Waals surface area contributed by atoms with Crippen LogP contribution in [-0.4, -0.2) is 77.0 Å². The molecule has 0 spiro atoms. The first-order valence-corrected chi connectivity index (χ1v) is 13.6. The molecule has 3 fully saturated rings. The van der Waals surface area contributed by atoms with Gasteiger partial charge in [-0.3, -0.25) is 10.1 Å². The number of nitrogens with one attached hydrogen (secondary N) is 1. The van der Waals surface area contributed by atoms with Crippen LogP contribution in [0.15, 0.2) is 22.8 Å². The number of carbonyl (C=O) groups is 1. The minimum Gasteiger partial charge on any atom is -0.459 e. The first kappa shape index (κ1) is 25.7. The van der Waals surface area contributed by atoms with Gasteiger partial charge in [-0.2, -0.15) is 0 Å². The second kappa shape index (κ2) is 12.0. The van der Waals surface area contributed by atoms with Crippen molar-refractivity contribution in [1.29, 1.82) is 0 Å². The molecule has 1 saturated carbocycles. The third-order valence-corrected chi connectivity index (χ3v) is 8.97. The smallest absolute Gasteiger partial charge is 0.291 e. The van der Waals surface area contributed by atoms with Gasteiger partial charge in [0.2, 0.25) is 0 Å². The van der Waals surface area contributed by atoms with Crippen LogP contribution < -0.4 is 5.32 Å². The summed E-state index contributed by atoms with van der Waals surface area (Å²) in [6.45, 7) is 7.64. The molecule has 0 aromatic carbocycles. The lowest BCUT2D eigenvalue weighted by atomic mass is 9.69. The maximum Gasteiger partial charge on any atom is 0.291 e. The van der Waals surface area contributed by atoms with Crippen LogP contribution in [0.5, 0.6) is 0 Å². The van der Waals surface area contributed by atoms with Crippen LogP contribution in [0.3, 0.4) is 0 Å². The summed E-state index contributed by atoms with van der Waals surface area (Å²) in [5, 5.41) is 23.3. The van der Waals surface area contributed by atoms with Gasteiger partial charge < -0.3 is 24.4 Å². The summed E-state index contributed by atoms with van der Waals surface area (Å²) < 4.78 is 5.50. The van der Waals surface area contributed by atoms with Gasteiger partial charge in [0, 0.05) is 44.3 Å². The fraction of sp³-hybridized carbons (Fsp3) is 0.815. The molecule has 0 bridgehead atoms. The predicted molar refractivity (Wildman–Crippen MR) is 132 cm³/mol. The molecule has 5 unspecified atom stereocenters. The molecular formula is C27H45N3O4. The molecule has 192 valence electrons. The Kier molecular flexibility index (Phi) is 9.08. The fourth-order valence-electron chi connectivity index (χ4n) is 6.85. The highest BCUT2D eigenvalue weighted by atomic mass is 16.3. The lowest BCUT2D eigenvalue weighted by Gasteiger charge is -2.48. The lowest BCUT2D eigenvalue weighted by Crippen LogP contribution is -2.59. The summed E-state index contributed by atoms with van der Waals surface area (Å²) in [6.07, 6.45) is 10.4. The number of nitrogens with zero attached hydrogens (tertiary/aromatic N) is 2. The van der Waals surface area contributed by atoms with E-state index < -0.39 is 0 Å². The molecule has 3 aliphatic rings. The van der Waals surface area contributed by atoms with Crippen molar-refractivity contribution in [3.63, 3.8) is 0 Å². The summed E-state index contributed by atoms with van der Waals surface area (Å²) in [4.78, 5) is 18.1. The molecule has 2 aliphatic heterocycles. The molecule has 2 saturated heterocycles. The van der Waals surface area contributed by atoms with E-state index in [1.54, 1.807) is 18.4 Å². The molecule has 4 rings (SSSR count). The normalized spacial score (nSPS) is 30.4. The van der Waals surface area contributed by atoms with Crippen molar-refractivity contribution in [2.75, 3.05) is 32.8 Å². The third-order valence-electron chi connectivity index (χ3n) is 8.97. The van der Waals surface area contributed by atoms with Gasteiger partial charge in [0.05, 0.1) is 12.4 Å². The summed E-state index contributed by atoms with van der Waals surface area (Å²) in [5.74, 6) is 1.97. The summed E-state index contributed by atoms with van der Waals surface area (Å²) in [5.41, 5.74) is 0. The molecule has 1 amide bonds. The van der Waals surface area contributed by atoms with Crippen molar-refractivity contribution in [3.05, 3.63) is 24.2 Å². The average molecular weight is 476 g/mol. The number of aliphatic hydroxyl groups is 2. The minimum absolute atomic E-state index is 0.00429. The van der Waals surface area contributed by atoms with Crippen molar-refractivity contribution < 1.29 is 19.4 Å². The van der Waals surface area contributed by atoms with Crippen molar-refractivity contribution in [2.24, 2.45) is 23.7 Å². The van der Waals surface area contributed by atoms with Gasteiger partial charge in [0.15, 0.2) is 5.76 Å². The first-order chi connectivity index (χ1) is 16.5. The number of hydrogen-bond acceptors (Lipinski definition) is 6. The molecule has 1 aromatic heterocycles. The van der Waals surface area contributed by atoms with Crippen molar-refractivity contribution in [1.82, 2.24) is 15.1 Å². The Morgan fingerprint density at radius 1 is 1.12 bits per heavy atom. The Hall–Kier alpha value is -1.41. The Morgan fingerprint density at radius 3 is 2.41 bits per heavy atom. The van der Waals surface area contributed by atoms with E-state index in [9.17, 15) is 15.0 Å². The highest BCUT2D eigenvalue weighted by Gasteiger charge is 2.40. The van der Waals surface area contributed by atoms with E-state index in [2.05, 4.69) is 29.0 Å². The molecule has 1 aromatic rings. The van der Waals surface area contributed by atoms with E-state index in [1.165, 1.54) is 19.3 Å². The van der Waals surface area contributed by atoms with E-state index >= 15 is 0 Å². The first-order valence-electron chi connectivity index (χ1n) is 13.6. The molecule has 7 nitrogen and oxygen atoms in total. The third kappa shape index (κ3) is 5.69. The zero-order valence-corrected chi connectivity index (χ0v) is 21.1. The standard InChI is InChI=1S/C27H45N3O4/c1-19-9-10-26(28-16-19)30(27(33)25-8-5-15-34-25)22-11-13-29(14-12-22)20(2)23-6-3-4-7-24(23)21(17-31)18-32/h5,8,15,19-24,26,28,31-32H,3-4,6-7,9-14,16-18H2,1-2H3. The number of furan rings is 1. The highest BCUT2D eigenvalue weighted by molar-refractivity contribution is 5.91. The molecule has 7 heteroatoms. The van der Waals surface area contributed by atoms with Gasteiger partial charge in [-0.1, -0.05) is 19.8 Å². The fourth-order valence-corrected chi connectivity index (χ4v) is 6.85. The topological polar surface area (TPSA) is 89.2 Å². The van der Waals surface area contributed by atoms with Crippen LogP contribution >= 0.6 is 0 Å². The van der Waals surface area contributed by atoms with E-state index in [0.717, 1.165) is 51.7 Å². The number of piperidine rings is 2. The Balaban J connectivity index is 1.42. The van der Waals surface area contributed by atoms with Gasteiger partial charge in [-0.05, 0) is 81.9 Å². The van der Waals surface area contributed by atoms with Crippen LogP contribution in [0.4, 0.5) is 0 Å². The molecule has 1 aliphatic carbocycles. The molecule has 5 atom stereocenters. The van der Waals surface area contributed by atoms with Gasteiger partial charge in [0.1, 0.15) is 0 Å². The average Bonchev–Trinajstić information content (AvgIpc) is 3.42. The number of rotatable bonds is 8. The maximum absolute atomic E-state index is 13.5. The van der Waals surface area contributed by atoms with Crippen molar-refractivity contribution >= 4 is 5.91 Å². The SMILES string of the molecule is CC1CCC(N(C(=O)c2ccco2)C2CCN(C(C)C3CCCCC3C(CO)CO)CC2)NC1. The predicted octanol–water partition coefficient (Wildman–Crippen LogP) is 3.33. The van der Waals surface area contributed by atoms with E-state index in [-0.39, 0.29) is 37.2 Å². The number of carbonyl (C=O) groups excluding carboxylic acids is 1. The molecule has 3 heterocycles. The molecule has 0 radical (unpaired) electrons. The van der Waals surface area contributed by atoms with Crippen LogP contribution in [-0.2, 0) is 0 Å². The largest absolute Gasteiger partial charge is 0.459 e. The number of amides is 1. The highest BCUT2D eigenvalue weighted by Crippen LogP contribution is 2.39. The van der Waals surface area contributed by atoms with Crippen LogP contribution in [0, 0.1) is 23.7 Å². The van der Waals surface area contributed by atoms with Crippen molar-refractivity contribution in [3.8, 4) is 0 Å². The van der Waals surface area contributed by atoms with Crippen molar-refractivity contribution in [2.45, 2.75) is 83.5 Å². The number of hydrogen-bond donors (Lipinski definition) is 3.